The standard InChI is InChI=1S/C37H44BN8O4.C37H43BN8O4/c1-23-19-46(38,27-21-50-22-27)12-11-43(23)26-5-6-33(40-17-26)41-30-13-25(18-42(4)35(30)48)28-7-8-39-34(29(28)20-47)45-10-9-44-31(36(45)49)14-24-15-37(2,3)16-32(24)44;1-23-18-43(27-20-49-21-27)9-10-44(23)26-5-6-33(40-17-26)41-30-13-25(19-42(4)35(30)47)28-7-8-39-34(29(28)22-50-38)46-12-11-45-31(36(46)48)14-24-15-37(2,3)16-32(24)45/h5-8,13-14,17-18,23,27,47H,9-12,15-16,19-22H2,1-4H3,(H,40,41);5-8,13-14,17,19,23,27H,9-12,15-16,18,20-22H2,1-4H3,(H,40,41)/q+1;/t23-,46?;23-/m00/s1. The van der Waals surface area contributed by atoms with E-state index in [0.29, 0.717) is 117 Å². The molecule has 8 aromatic heterocycles. The fraction of sp³-hybridized carbons (Fsp3) is 0.459. The van der Waals surface area contributed by atoms with Crippen molar-refractivity contribution in [2.45, 2.75) is 118 Å². The van der Waals surface area contributed by atoms with Gasteiger partial charge in [0.2, 0.25) is 0 Å². The molecule has 8 aliphatic rings. The number of quaternary nitrogens is 1. The lowest BCUT2D eigenvalue weighted by Crippen LogP contribution is -2.70. The highest BCUT2D eigenvalue weighted by molar-refractivity contribution is 6.07. The van der Waals surface area contributed by atoms with Crippen LogP contribution in [0.25, 0.3) is 22.3 Å². The number of aromatic nitrogens is 8. The number of aryl methyl sites for hydroxylation is 2. The van der Waals surface area contributed by atoms with Gasteiger partial charge in [-0.3, -0.25) is 33.9 Å². The van der Waals surface area contributed by atoms with Crippen LogP contribution in [0.4, 0.5) is 46.0 Å². The molecule has 14 heterocycles. The maximum Gasteiger partial charge on any atom is 0.481 e. The Kier molecular flexibility index (Phi) is 17.6. The van der Waals surface area contributed by atoms with Crippen molar-refractivity contribution in [3.8, 4) is 22.3 Å². The average Bonchev–Trinajstić information content (AvgIpc) is 1.55. The minimum atomic E-state index is -0.323. The zero-order valence-corrected chi connectivity index (χ0v) is 58.4. The van der Waals surface area contributed by atoms with Gasteiger partial charge in [0.05, 0.1) is 95.1 Å². The fourth-order valence-corrected chi connectivity index (χ4v) is 16.6. The van der Waals surface area contributed by atoms with Gasteiger partial charge in [-0.05, 0) is 133 Å². The molecule has 0 bridgehead atoms. The molecule has 24 nitrogen and oxygen atoms in total. The monoisotopic (exact) mass is 1350 g/mol. The number of rotatable bonds is 15. The maximum absolute atomic E-state index is 14.0. The molecule has 4 saturated heterocycles. The van der Waals surface area contributed by atoms with E-state index in [0.717, 1.165) is 114 Å². The van der Waals surface area contributed by atoms with E-state index in [1.165, 1.54) is 31.6 Å². The molecule has 2 amide bonds. The summed E-state index contributed by atoms with van der Waals surface area (Å²) < 4.78 is 23.9. The second-order valence-electron chi connectivity index (χ2n) is 30.2. The van der Waals surface area contributed by atoms with Gasteiger partial charge in [-0.25, -0.2) is 19.9 Å². The Morgan fingerprint density at radius 1 is 0.620 bits per heavy atom. The van der Waals surface area contributed by atoms with Crippen molar-refractivity contribution in [2.24, 2.45) is 24.9 Å². The number of nitrogens with zero attached hydrogens (tertiary/aromatic N) is 14. The lowest BCUT2D eigenvalue weighted by Gasteiger charge is -2.53. The van der Waals surface area contributed by atoms with Crippen molar-refractivity contribution in [1.82, 2.24) is 43.1 Å². The minimum Gasteiger partial charge on any atom is -0.443 e. The Bertz CT molecular complexity index is 4620. The molecule has 26 heteroatoms. The normalized spacial score (nSPS) is 21.8. The zero-order chi connectivity index (χ0) is 69.7. The molecule has 516 valence electrons. The Hall–Kier alpha value is -8.91. The minimum absolute atomic E-state index is 0.0315. The summed E-state index contributed by atoms with van der Waals surface area (Å²) in [6, 6.07) is 20.7. The number of carbonyl (C=O) groups excluding carboxylic acids is 2. The van der Waals surface area contributed by atoms with Gasteiger partial charge in [0.25, 0.3) is 31.0 Å². The first-order valence-electron chi connectivity index (χ1n) is 35.0. The third-order valence-electron chi connectivity index (χ3n) is 21.9. The Morgan fingerprint density at radius 2 is 1.13 bits per heavy atom. The summed E-state index contributed by atoms with van der Waals surface area (Å²) in [5.74, 6) is 1.84. The molecule has 0 saturated carbocycles. The van der Waals surface area contributed by atoms with Gasteiger partial charge < -0.3 is 62.3 Å². The number of pyridine rings is 6. The smallest absolute Gasteiger partial charge is 0.443 e. The number of hydrogen-bond donors (Lipinski definition) is 3. The van der Waals surface area contributed by atoms with E-state index in [1.54, 1.807) is 60.8 Å². The van der Waals surface area contributed by atoms with Crippen LogP contribution in [0.5, 0.6) is 0 Å². The van der Waals surface area contributed by atoms with Crippen LogP contribution in [0.15, 0.2) is 107 Å². The number of nitrogens with one attached hydrogen (secondary N) is 2. The molecule has 100 heavy (non-hydrogen) atoms. The molecule has 6 aliphatic heterocycles. The van der Waals surface area contributed by atoms with Crippen molar-refractivity contribution in [1.29, 1.82) is 0 Å². The quantitative estimate of drug-likeness (QED) is 0.0892. The van der Waals surface area contributed by atoms with Crippen molar-refractivity contribution < 1.29 is 33.2 Å². The second kappa shape index (κ2) is 26.2. The van der Waals surface area contributed by atoms with Crippen molar-refractivity contribution in [3.05, 3.63) is 164 Å². The van der Waals surface area contributed by atoms with Crippen LogP contribution in [0, 0.1) is 10.8 Å². The summed E-state index contributed by atoms with van der Waals surface area (Å²) in [5, 5.41) is 17.2. The van der Waals surface area contributed by atoms with E-state index >= 15 is 0 Å². The number of carbonyl (C=O) groups is 2. The summed E-state index contributed by atoms with van der Waals surface area (Å²) in [6.45, 7) is 24.0. The van der Waals surface area contributed by atoms with Gasteiger partial charge in [0, 0.05) is 124 Å². The lowest BCUT2D eigenvalue weighted by atomic mass is 9.90. The van der Waals surface area contributed by atoms with Crippen LogP contribution < -0.4 is 41.4 Å². The van der Waals surface area contributed by atoms with Gasteiger partial charge in [-0.1, -0.05) is 27.7 Å². The average molecular weight is 1350 g/mol. The predicted octanol–water partition coefficient (Wildman–Crippen LogP) is 6.85. The van der Waals surface area contributed by atoms with Crippen LogP contribution >= 0.6 is 0 Å². The van der Waals surface area contributed by atoms with Gasteiger partial charge in [-0.15, -0.1) is 0 Å². The SMILES string of the molecule is [B]OCc1c(-c2cc(Nc3ccc(N4CCN(C5COC5)C[C@@H]4C)cn3)c(=O)n(C)c2)ccnc1N1CCn2c(cc3c2CC(C)(C)C3)C1=O.[B][N+]1(C2COC2)CCN(c2ccc(Nc3cc(-c4ccnc(N5CCn6c(cc7c6CC(C)(C)C7)C5=O)c4CO)cn(C)c3=O)nc2)[C@@H](C)C1. The van der Waals surface area contributed by atoms with Gasteiger partial charge in [0.1, 0.15) is 52.1 Å². The fourth-order valence-electron chi connectivity index (χ4n) is 16.6. The van der Waals surface area contributed by atoms with E-state index in [4.69, 9.17) is 30.2 Å². The Balaban J connectivity index is 0.000000162. The zero-order valence-electron chi connectivity index (χ0n) is 58.4. The van der Waals surface area contributed by atoms with Crippen molar-refractivity contribution in [3.63, 3.8) is 0 Å². The molecule has 4 radical (unpaired) electrons. The predicted molar refractivity (Wildman–Crippen MR) is 386 cm³/mol. The number of hydrogen-bond acceptors (Lipinski definition) is 17. The van der Waals surface area contributed by atoms with E-state index < -0.39 is 0 Å². The van der Waals surface area contributed by atoms with Crippen molar-refractivity contribution >= 4 is 73.9 Å². The van der Waals surface area contributed by atoms with E-state index in [1.807, 2.05) is 48.8 Å². The number of piperazine rings is 2. The molecule has 3 N–H and O–H groups in total. The van der Waals surface area contributed by atoms with Crippen LogP contribution in [0.3, 0.4) is 0 Å². The maximum atomic E-state index is 14.0. The Labute approximate surface area is 585 Å². The summed E-state index contributed by atoms with van der Waals surface area (Å²) in [5.41, 5.74) is 13.3. The first-order chi connectivity index (χ1) is 48.0. The number of amides is 2. The summed E-state index contributed by atoms with van der Waals surface area (Å²) >= 11 is 0. The van der Waals surface area contributed by atoms with Gasteiger partial charge >= 0.3 is 7.98 Å². The second-order valence-corrected chi connectivity index (χ2v) is 30.2. The lowest BCUT2D eigenvalue weighted by molar-refractivity contribution is -0.858. The first kappa shape index (κ1) is 66.9. The molecule has 0 aromatic carbocycles. The van der Waals surface area contributed by atoms with Gasteiger partial charge in [0.15, 0.2) is 0 Å². The van der Waals surface area contributed by atoms with Crippen molar-refractivity contribution in [2.75, 3.05) is 109 Å². The number of fused-ring (bicyclic) bond motifs is 6. The number of aliphatic hydroxyl groups excluding tert-OH is 1. The molecule has 2 aliphatic carbocycles. The summed E-state index contributed by atoms with van der Waals surface area (Å²) in [4.78, 5) is 83.8. The molecule has 3 atom stereocenters. The first-order valence-corrected chi connectivity index (χ1v) is 35.0. The topological polar surface area (TPSA) is 228 Å². The summed E-state index contributed by atoms with van der Waals surface area (Å²) in [7, 11) is 15.8. The molecular weight excluding hydrogens is 1260 g/mol. The highest BCUT2D eigenvalue weighted by atomic mass is 16.5. The molecular formula is C74H87B2N16O8+. The largest absolute Gasteiger partial charge is 0.481 e. The molecule has 16 rings (SSSR count). The third-order valence-corrected chi connectivity index (χ3v) is 21.9. The molecule has 4 fully saturated rings. The molecule has 8 aromatic rings. The number of ether oxygens (including phenoxy) is 2. The number of anilines is 8. The van der Waals surface area contributed by atoms with Gasteiger partial charge in [-0.2, -0.15) is 0 Å². The van der Waals surface area contributed by atoms with Crippen LogP contribution in [0.1, 0.15) is 96.2 Å². The number of aliphatic hydroxyl groups is 1. The van der Waals surface area contributed by atoms with Crippen LogP contribution in [-0.4, -0.2) is 183 Å². The summed E-state index contributed by atoms with van der Waals surface area (Å²) in [6.07, 6.45) is 14.4. The highest BCUT2D eigenvalue weighted by Gasteiger charge is 2.44. The van der Waals surface area contributed by atoms with E-state index in [-0.39, 0.29) is 53.0 Å². The highest BCUT2D eigenvalue weighted by Crippen LogP contribution is 2.43. The Morgan fingerprint density at radius 3 is 1.58 bits per heavy atom. The van der Waals surface area contributed by atoms with Crippen LogP contribution in [-0.2, 0) is 80.2 Å². The van der Waals surface area contributed by atoms with Crippen LogP contribution in [0.2, 0.25) is 0 Å². The van der Waals surface area contributed by atoms with E-state index in [9.17, 15) is 24.3 Å². The third kappa shape index (κ3) is 12.4. The molecule has 1 unspecified atom stereocenters. The molecule has 0 spiro atoms. The van der Waals surface area contributed by atoms with E-state index in [2.05, 4.69) is 108 Å².